The number of amides is 1. The van der Waals surface area contributed by atoms with Gasteiger partial charge < -0.3 is 16.0 Å². The molecule has 6 heteroatoms. The lowest BCUT2D eigenvalue weighted by Gasteiger charge is -2.15. The summed E-state index contributed by atoms with van der Waals surface area (Å²) in [5.74, 6) is 2.51. The third-order valence-corrected chi connectivity index (χ3v) is 5.41. The molecular weight excluding hydrogens is 332 g/mol. The number of rotatable bonds is 7. The molecule has 0 spiro atoms. The van der Waals surface area contributed by atoms with Crippen molar-refractivity contribution in [2.24, 2.45) is 10.9 Å². The lowest BCUT2D eigenvalue weighted by atomic mass is 10.1. The van der Waals surface area contributed by atoms with Gasteiger partial charge in [0.2, 0.25) is 5.91 Å². The Bertz CT molecular complexity index is 583. The molecule has 1 aliphatic heterocycles. The van der Waals surface area contributed by atoms with Gasteiger partial charge in [0, 0.05) is 37.5 Å². The minimum Gasteiger partial charge on any atom is -0.355 e. The molecule has 138 valence electrons. The van der Waals surface area contributed by atoms with Gasteiger partial charge in [-0.15, -0.1) is 0 Å². The number of nitrogens with zero attached hydrogens (tertiary/aromatic N) is 1. The Labute approximate surface area is 155 Å². The molecule has 1 fully saturated rings. The summed E-state index contributed by atoms with van der Waals surface area (Å²) in [7, 11) is 1.79. The molecule has 5 nitrogen and oxygen atoms in total. The van der Waals surface area contributed by atoms with Gasteiger partial charge >= 0.3 is 0 Å². The zero-order chi connectivity index (χ0) is 18.1. The van der Waals surface area contributed by atoms with Gasteiger partial charge in [-0.1, -0.05) is 26.0 Å². The molecule has 0 radical (unpaired) electrons. The van der Waals surface area contributed by atoms with Crippen LogP contribution in [0.1, 0.15) is 38.7 Å². The highest BCUT2D eigenvalue weighted by molar-refractivity contribution is 8.00. The number of carbonyl (C=O) groups is 1. The molecule has 3 N–H and O–H groups in total. The van der Waals surface area contributed by atoms with Crippen molar-refractivity contribution in [1.29, 1.82) is 0 Å². The highest BCUT2D eigenvalue weighted by Crippen LogP contribution is 2.25. The summed E-state index contributed by atoms with van der Waals surface area (Å²) >= 11 is 2.04. The smallest absolute Gasteiger partial charge is 0.224 e. The van der Waals surface area contributed by atoms with Crippen molar-refractivity contribution in [1.82, 2.24) is 10.6 Å². The number of hydrogen-bond acceptors (Lipinski definition) is 3. The van der Waals surface area contributed by atoms with Crippen LogP contribution in [0.5, 0.6) is 0 Å². The van der Waals surface area contributed by atoms with Gasteiger partial charge in [0.05, 0.1) is 0 Å². The van der Waals surface area contributed by atoms with E-state index < -0.39 is 0 Å². The molecule has 1 aromatic rings. The average Bonchev–Trinajstić information content (AvgIpc) is 3.08. The van der Waals surface area contributed by atoms with Crippen molar-refractivity contribution in [3.8, 4) is 0 Å². The van der Waals surface area contributed by atoms with Crippen molar-refractivity contribution in [2.75, 3.05) is 24.7 Å². The van der Waals surface area contributed by atoms with Crippen LogP contribution >= 0.6 is 11.8 Å². The summed E-state index contributed by atoms with van der Waals surface area (Å²) in [6.45, 7) is 5.71. The minimum atomic E-state index is 0.0617. The number of anilines is 1. The lowest BCUT2D eigenvalue weighted by Crippen LogP contribution is -2.39. The molecule has 1 heterocycles. The first-order valence-electron chi connectivity index (χ1n) is 9.01. The summed E-state index contributed by atoms with van der Waals surface area (Å²) < 4.78 is 0. The van der Waals surface area contributed by atoms with E-state index >= 15 is 0 Å². The molecule has 1 aromatic carbocycles. The molecule has 1 aliphatic rings. The van der Waals surface area contributed by atoms with Crippen molar-refractivity contribution < 1.29 is 4.79 Å². The molecule has 1 atom stereocenters. The number of guanidine groups is 1. The largest absolute Gasteiger partial charge is 0.355 e. The number of aliphatic imine (C=N–C) groups is 1. The molecule has 25 heavy (non-hydrogen) atoms. The molecule has 0 saturated carbocycles. The second-order valence-corrected chi connectivity index (χ2v) is 8.20. The molecule has 1 amide bonds. The highest BCUT2D eigenvalue weighted by Gasteiger charge is 2.15. The highest BCUT2D eigenvalue weighted by atomic mass is 32.2. The summed E-state index contributed by atoms with van der Waals surface area (Å²) in [4.78, 5) is 16.2. The molecule has 1 unspecified atom stereocenters. The van der Waals surface area contributed by atoms with Crippen LogP contribution in [0.4, 0.5) is 5.69 Å². The maximum Gasteiger partial charge on any atom is 0.224 e. The number of nitrogens with one attached hydrogen (secondary N) is 3. The maximum absolute atomic E-state index is 11.9. The fourth-order valence-corrected chi connectivity index (χ4v) is 3.97. The standard InChI is InChI=1S/C19H30N4OS/c1-14(2)10-18(24)23-16-7-4-6-15(11-16)12-21-19(20-3)22-13-17-8-5-9-25-17/h4,6-7,11,14,17H,5,8-10,12-13H2,1-3H3,(H,23,24)(H2,20,21,22). The van der Waals surface area contributed by atoms with Crippen LogP contribution in [0.3, 0.4) is 0 Å². The molecule has 1 saturated heterocycles. The Morgan fingerprint density at radius 3 is 2.88 bits per heavy atom. The van der Waals surface area contributed by atoms with Crippen LogP contribution in [0.2, 0.25) is 0 Å². The van der Waals surface area contributed by atoms with Gasteiger partial charge in [0.1, 0.15) is 0 Å². The topological polar surface area (TPSA) is 65.5 Å². The van der Waals surface area contributed by atoms with Crippen LogP contribution in [-0.2, 0) is 11.3 Å². The Hall–Kier alpha value is -1.69. The SMILES string of the molecule is CN=C(NCc1cccc(NC(=O)CC(C)C)c1)NCC1CCCS1. The fraction of sp³-hybridized carbons (Fsp3) is 0.579. The van der Waals surface area contributed by atoms with E-state index in [0.717, 1.165) is 23.8 Å². The zero-order valence-electron chi connectivity index (χ0n) is 15.5. The minimum absolute atomic E-state index is 0.0617. The predicted octanol–water partition coefficient (Wildman–Crippen LogP) is 3.23. The molecule has 0 bridgehead atoms. The van der Waals surface area contributed by atoms with E-state index in [1.54, 1.807) is 7.05 Å². The maximum atomic E-state index is 11.9. The van der Waals surface area contributed by atoms with Gasteiger partial charge in [0.15, 0.2) is 5.96 Å². The summed E-state index contributed by atoms with van der Waals surface area (Å²) in [6.07, 6.45) is 3.14. The van der Waals surface area contributed by atoms with Gasteiger partial charge in [0.25, 0.3) is 0 Å². The second kappa shape index (κ2) is 10.3. The predicted molar refractivity (Wildman–Crippen MR) is 108 cm³/mol. The van der Waals surface area contributed by atoms with E-state index in [2.05, 4.69) is 20.9 Å². The third-order valence-electron chi connectivity index (χ3n) is 4.01. The molecular formula is C19H30N4OS. The second-order valence-electron chi connectivity index (χ2n) is 6.79. The van der Waals surface area contributed by atoms with Gasteiger partial charge in [-0.2, -0.15) is 11.8 Å². The number of hydrogen-bond donors (Lipinski definition) is 3. The molecule has 2 rings (SSSR count). The Morgan fingerprint density at radius 2 is 2.20 bits per heavy atom. The lowest BCUT2D eigenvalue weighted by molar-refractivity contribution is -0.116. The number of carbonyl (C=O) groups excluding carboxylic acids is 1. The van der Waals surface area contributed by atoms with E-state index in [4.69, 9.17) is 0 Å². The van der Waals surface area contributed by atoms with Crippen LogP contribution in [-0.4, -0.2) is 36.5 Å². The van der Waals surface area contributed by atoms with E-state index in [1.807, 2.05) is 49.9 Å². The van der Waals surface area contributed by atoms with Gasteiger partial charge in [-0.05, 0) is 42.2 Å². The monoisotopic (exact) mass is 362 g/mol. The van der Waals surface area contributed by atoms with E-state index in [1.165, 1.54) is 18.6 Å². The quantitative estimate of drug-likeness (QED) is 0.515. The molecule has 0 aromatic heterocycles. The summed E-state index contributed by atoms with van der Waals surface area (Å²) in [5.41, 5.74) is 1.95. The first-order valence-corrected chi connectivity index (χ1v) is 10.1. The van der Waals surface area contributed by atoms with Gasteiger partial charge in [-0.3, -0.25) is 9.79 Å². The number of benzene rings is 1. The van der Waals surface area contributed by atoms with Crippen LogP contribution in [0.15, 0.2) is 29.3 Å². The Balaban J connectivity index is 1.80. The van der Waals surface area contributed by atoms with E-state index in [-0.39, 0.29) is 5.91 Å². The summed E-state index contributed by atoms with van der Waals surface area (Å²) in [5, 5.41) is 10.4. The Morgan fingerprint density at radius 1 is 1.36 bits per heavy atom. The van der Waals surface area contributed by atoms with Gasteiger partial charge in [-0.25, -0.2) is 0 Å². The average molecular weight is 363 g/mol. The van der Waals surface area contributed by atoms with E-state index in [0.29, 0.717) is 24.1 Å². The van der Waals surface area contributed by atoms with Crippen molar-refractivity contribution in [2.45, 2.75) is 44.9 Å². The van der Waals surface area contributed by atoms with Crippen molar-refractivity contribution >= 4 is 29.3 Å². The third kappa shape index (κ3) is 7.38. The van der Waals surface area contributed by atoms with Crippen molar-refractivity contribution in [3.63, 3.8) is 0 Å². The van der Waals surface area contributed by atoms with Crippen molar-refractivity contribution in [3.05, 3.63) is 29.8 Å². The number of thioether (sulfide) groups is 1. The fourth-order valence-electron chi connectivity index (χ4n) is 2.76. The zero-order valence-corrected chi connectivity index (χ0v) is 16.3. The van der Waals surface area contributed by atoms with Crippen LogP contribution in [0, 0.1) is 5.92 Å². The first kappa shape index (κ1) is 19.6. The normalized spacial score (nSPS) is 17.6. The molecule has 0 aliphatic carbocycles. The summed E-state index contributed by atoms with van der Waals surface area (Å²) in [6, 6.07) is 7.94. The first-order chi connectivity index (χ1) is 12.1. The Kier molecular flexibility index (Phi) is 8.12. The van der Waals surface area contributed by atoms with Crippen LogP contribution in [0.25, 0.3) is 0 Å². The van der Waals surface area contributed by atoms with E-state index in [9.17, 15) is 4.79 Å². The van der Waals surface area contributed by atoms with Crippen LogP contribution < -0.4 is 16.0 Å².